The van der Waals surface area contributed by atoms with E-state index in [1.54, 1.807) is 0 Å². The predicted octanol–water partition coefficient (Wildman–Crippen LogP) is 9.23. The van der Waals surface area contributed by atoms with Gasteiger partial charge in [-0.1, -0.05) is 170 Å². The van der Waals surface area contributed by atoms with Crippen molar-refractivity contribution in [2.24, 2.45) is 0 Å². The summed E-state index contributed by atoms with van der Waals surface area (Å²) in [5.41, 5.74) is 7.42. The zero-order valence-electron chi connectivity index (χ0n) is 32.2. The molecule has 12 rings (SSSR count). The topological polar surface area (TPSA) is 74.0 Å². The second-order valence-corrected chi connectivity index (χ2v) is 18.9. The summed E-state index contributed by atoms with van der Waals surface area (Å²) in [6, 6.07) is 72.6. The van der Waals surface area contributed by atoms with Crippen molar-refractivity contribution in [1.29, 1.82) is 0 Å². The maximum absolute atomic E-state index is 6.58. The fourth-order valence-corrected chi connectivity index (χ4v) is 13.8. The van der Waals surface area contributed by atoms with Crippen LogP contribution in [0.1, 0.15) is 0 Å². The van der Waals surface area contributed by atoms with Gasteiger partial charge in [0.15, 0.2) is 19.7 Å². The molecule has 0 spiro atoms. The highest BCUT2D eigenvalue weighted by molar-refractivity contribution is 7.20. The highest BCUT2D eigenvalue weighted by atomic mass is 28.3. The second kappa shape index (κ2) is 13.6. The van der Waals surface area contributed by atoms with Gasteiger partial charge in [0.2, 0.25) is 11.7 Å². The summed E-state index contributed by atoms with van der Waals surface area (Å²) in [7, 11) is -3.04. The molecule has 0 aliphatic carbocycles. The minimum atomic E-state index is -3.04. The number of hydrogen-bond donors (Lipinski definition) is 0. The minimum absolute atomic E-state index is 0.496. The Labute approximate surface area is 345 Å². The molecule has 0 amide bonds. The Balaban J connectivity index is 1.18. The van der Waals surface area contributed by atoms with E-state index in [9.17, 15) is 0 Å². The quantitative estimate of drug-likeness (QED) is 0.119. The molecule has 0 N–H and O–H groups in total. The van der Waals surface area contributed by atoms with E-state index in [1.165, 1.54) is 20.7 Å². The van der Waals surface area contributed by atoms with Crippen LogP contribution in [0.15, 0.2) is 211 Å². The number of hydrogen-bond acceptors (Lipinski definition) is 5. The largest absolute Gasteiger partial charge is 0.456 e. The Morgan fingerprint density at radius 1 is 0.383 bits per heavy atom. The molecule has 4 heterocycles. The first-order valence-electron chi connectivity index (χ1n) is 20.1. The van der Waals surface area contributed by atoms with Crippen molar-refractivity contribution in [3.63, 3.8) is 0 Å². The van der Waals surface area contributed by atoms with Gasteiger partial charge in [-0.3, -0.25) is 4.40 Å². The first-order chi connectivity index (χ1) is 29.7. The number of nitrogens with zero attached hydrogens (tertiary/aromatic N) is 6. The number of fused-ring (bicyclic) bond motifs is 8. The lowest BCUT2D eigenvalue weighted by molar-refractivity contribution is 0.669. The summed E-state index contributed by atoms with van der Waals surface area (Å²) >= 11 is 0. The molecular weight excluding hydrogens is 753 g/mol. The van der Waals surface area contributed by atoms with Crippen LogP contribution in [-0.4, -0.2) is 37.0 Å². The lowest BCUT2D eigenvalue weighted by Crippen LogP contribution is -2.74. The fourth-order valence-electron chi connectivity index (χ4n) is 9.06. The van der Waals surface area contributed by atoms with Gasteiger partial charge in [0.05, 0.1) is 22.1 Å². The molecule has 0 bridgehead atoms. The number of benzene rings is 8. The third-order valence-corrected chi connectivity index (χ3v) is 16.5. The SMILES string of the molecule is c1ccc(-c2nc(-c3ccccc3)nc(-n3c4ccc([Si](c5ccccc5)(c5ccccc5)c5ccc6c(c5)oc5ccccc56)cc4n4c5ccccc5nc34)n2)cc1. The van der Waals surface area contributed by atoms with E-state index in [0.717, 1.165) is 60.9 Å². The van der Waals surface area contributed by atoms with Crippen LogP contribution >= 0.6 is 0 Å². The standard InChI is InChI=1S/C52H34N6OSi/c1-5-17-35(18-6-1)49-54-50(36-19-7-2-8-20-36)56-51(55-49)58-45-32-30-39(33-46(45)57-44-27-15-14-26-43(44)53-52(57)58)60(37-21-9-3-10-22-37,38-23-11-4-12-24-38)40-29-31-42-41-25-13-16-28-47(41)59-48(42)34-40/h1-34H. The molecule has 0 fully saturated rings. The molecule has 0 unspecified atom stereocenters. The van der Waals surface area contributed by atoms with Crippen molar-refractivity contribution in [2.75, 3.05) is 0 Å². The van der Waals surface area contributed by atoms with E-state index in [4.69, 9.17) is 24.4 Å². The average Bonchev–Trinajstić information content (AvgIpc) is 3.99. The second-order valence-electron chi connectivity index (χ2n) is 15.1. The van der Waals surface area contributed by atoms with E-state index >= 15 is 0 Å². The predicted molar refractivity (Wildman–Crippen MR) is 245 cm³/mol. The fraction of sp³-hybridized carbons (Fsp3) is 0. The molecular formula is C52H34N6OSi. The van der Waals surface area contributed by atoms with Gasteiger partial charge in [-0.25, -0.2) is 14.5 Å². The molecule has 0 saturated heterocycles. The van der Waals surface area contributed by atoms with Crippen LogP contribution in [0.3, 0.4) is 0 Å². The lowest BCUT2D eigenvalue weighted by atomic mass is 10.1. The molecule has 4 aromatic heterocycles. The van der Waals surface area contributed by atoms with E-state index in [2.05, 4.69) is 136 Å². The molecule has 12 aromatic rings. The number of para-hydroxylation sites is 3. The van der Waals surface area contributed by atoms with Crippen LogP contribution in [-0.2, 0) is 0 Å². The van der Waals surface area contributed by atoms with Gasteiger partial charge in [0.1, 0.15) is 11.2 Å². The van der Waals surface area contributed by atoms with Crippen molar-refractivity contribution in [3.8, 4) is 28.7 Å². The number of furan rings is 1. The summed E-state index contributed by atoms with van der Waals surface area (Å²) in [5, 5.41) is 7.23. The van der Waals surface area contributed by atoms with Gasteiger partial charge >= 0.3 is 0 Å². The third-order valence-electron chi connectivity index (χ3n) is 11.7. The van der Waals surface area contributed by atoms with Gasteiger partial charge in [0, 0.05) is 21.9 Å². The van der Waals surface area contributed by atoms with Crippen molar-refractivity contribution in [3.05, 3.63) is 206 Å². The molecule has 0 radical (unpaired) electrons. The maximum atomic E-state index is 6.58. The Hall–Kier alpha value is -7.94. The van der Waals surface area contributed by atoms with E-state index in [0.29, 0.717) is 17.6 Å². The van der Waals surface area contributed by atoms with E-state index in [-0.39, 0.29) is 0 Å². The summed E-state index contributed by atoms with van der Waals surface area (Å²) in [4.78, 5) is 20.7. The highest BCUT2D eigenvalue weighted by Crippen LogP contribution is 2.32. The monoisotopic (exact) mass is 786 g/mol. The van der Waals surface area contributed by atoms with Crippen LogP contribution in [0.25, 0.3) is 78.5 Å². The van der Waals surface area contributed by atoms with Gasteiger partial charge < -0.3 is 4.42 Å². The molecule has 8 heteroatoms. The van der Waals surface area contributed by atoms with Crippen LogP contribution in [0, 0.1) is 0 Å². The van der Waals surface area contributed by atoms with Gasteiger partial charge in [-0.2, -0.15) is 9.97 Å². The maximum Gasteiger partial charge on any atom is 0.241 e. The molecule has 60 heavy (non-hydrogen) atoms. The molecule has 282 valence electrons. The van der Waals surface area contributed by atoms with Crippen LogP contribution in [0.4, 0.5) is 0 Å². The average molecular weight is 787 g/mol. The first kappa shape index (κ1) is 34.1. The summed E-state index contributed by atoms with van der Waals surface area (Å²) in [6.07, 6.45) is 0. The summed E-state index contributed by atoms with van der Waals surface area (Å²) in [5.74, 6) is 2.40. The molecule has 0 aliphatic rings. The van der Waals surface area contributed by atoms with Crippen LogP contribution in [0.2, 0.25) is 0 Å². The van der Waals surface area contributed by atoms with Crippen molar-refractivity contribution in [2.45, 2.75) is 0 Å². The normalized spacial score (nSPS) is 12.0. The minimum Gasteiger partial charge on any atom is -0.456 e. The zero-order valence-corrected chi connectivity index (χ0v) is 33.2. The molecule has 8 aromatic carbocycles. The highest BCUT2D eigenvalue weighted by Gasteiger charge is 2.42. The number of imidazole rings is 2. The smallest absolute Gasteiger partial charge is 0.241 e. The molecule has 0 atom stereocenters. The van der Waals surface area contributed by atoms with Crippen LogP contribution in [0.5, 0.6) is 0 Å². The Kier molecular flexibility index (Phi) is 7.73. The van der Waals surface area contributed by atoms with Crippen molar-refractivity contribution >= 4 is 78.6 Å². The Bertz CT molecular complexity index is 3450. The van der Waals surface area contributed by atoms with Gasteiger partial charge in [-0.05, 0) is 57.1 Å². The van der Waals surface area contributed by atoms with Crippen molar-refractivity contribution in [1.82, 2.24) is 28.9 Å². The first-order valence-corrected chi connectivity index (χ1v) is 22.1. The summed E-state index contributed by atoms with van der Waals surface area (Å²) < 4.78 is 10.9. The van der Waals surface area contributed by atoms with Crippen LogP contribution < -0.4 is 20.7 Å². The number of rotatable bonds is 7. The zero-order chi connectivity index (χ0) is 39.6. The van der Waals surface area contributed by atoms with Crippen molar-refractivity contribution < 1.29 is 4.42 Å². The molecule has 0 aliphatic heterocycles. The van der Waals surface area contributed by atoms with Gasteiger partial charge in [0.25, 0.3) is 0 Å². The summed E-state index contributed by atoms with van der Waals surface area (Å²) in [6.45, 7) is 0. The molecule has 0 saturated carbocycles. The lowest BCUT2D eigenvalue weighted by Gasteiger charge is -2.34. The number of aromatic nitrogens is 6. The molecule has 7 nitrogen and oxygen atoms in total. The van der Waals surface area contributed by atoms with E-state index in [1.807, 2.05) is 78.9 Å². The third kappa shape index (κ3) is 5.21. The Morgan fingerprint density at radius 3 is 1.62 bits per heavy atom. The Morgan fingerprint density at radius 2 is 0.933 bits per heavy atom. The van der Waals surface area contributed by atoms with E-state index < -0.39 is 8.07 Å². The van der Waals surface area contributed by atoms with Gasteiger partial charge in [-0.15, -0.1) is 0 Å².